The summed E-state index contributed by atoms with van der Waals surface area (Å²) in [6.07, 6.45) is -0.293. The first kappa shape index (κ1) is 43.2. The van der Waals surface area contributed by atoms with Crippen LogP contribution in [0.1, 0.15) is 65.8 Å². The third kappa shape index (κ3) is 8.30. The quantitative estimate of drug-likeness (QED) is 0.0978. The first-order valence-electron chi connectivity index (χ1n) is 22.0. The zero-order valence-corrected chi connectivity index (χ0v) is 36.6. The van der Waals surface area contributed by atoms with Gasteiger partial charge < -0.3 is 39.4 Å². The first-order valence-corrected chi connectivity index (χ1v) is 22.0. The highest BCUT2D eigenvalue weighted by molar-refractivity contribution is 5.98. The molecule has 7 aromatic carbocycles. The number of ether oxygens (including phenoxy) is 4. The minimum absolute atomic E-state index is 0.0209. The lowest BCUT2D eigenvalue weighted by Crippen LogP contribution is -2.55. The second kappa shape index (κ2) is 17.9. The molecule has 0 spiro atoms. The summed E-state index contributed by atoms with van der Waals surface area (Å²) in [6, 6.07) is 42.1. The molecule has 0 radical (unpaired) electrons. The average Bonchev–Trinajstić information content (AvgIpc) is 3.30. The highest BCUT2D eigenvalue weighted by Crippen LogP contribution is 2.60. The Balaban J connectivity index is 1.17. The van der Waals surface area contributed by atoms with Crippen LogP contribution in [0, 0.1) is 5.92 Å². The number of phenols is 3. The van der Waals surface area contributed by atoms with Gasteiger partial charge in [-0.15, -0.1) is 0 Å². The van der Waals surface area contributed by atoms with Crippen LogP contribution in [0.25, 0.3) is 32.7 Å². The maximum atomic E-state index is 14.3. The molecule has 9 rings (SSSR count). The lowest BCUT2D eigenvalue weighted by Gasteiger charge is -2.55. The molecule has 332 valence electrons. The standard InChI is InChI=1S/C55H52O10/c1-32(57)64-51-28-43(65-54(61)20-33-13-14-38-22-42(58)27-45(44(38)19-33)35-10-5-4-6-11-35)23-40(37-16-18-49(59)52(25-37)62-2)30-55(41-17-15-34-9-7-8-12-36(34)21-41)47(51)24-39-26-53(63-3)50(60)29-46(39)48(55)31-56/h4-19,21-22,25-27,29,40,43,47-48,51,56,58-60H,20,23-24,28,30-31H2,1-3H3. The van der Waals surface area contributed by atoms with Crippen LogP contribution in [-0.4, -0.2) is 65.4 Å². The Morgan fingerprint density at radius 1 is 0.708 bits per heavy atom. The molecule has 2 aliphatic rings. The molecule has 0 amide bonds. The monoisotopic (exact) mass is 872 g/mol. The summed E-state index contributed by atoms with van der Waals surface area (Å²) in [4.78, 5) is 27.6. The van der Waals surface area contributed by atoms with Crippen LogP contribution < -0.4 is 9.47 Å². The van der Waals surface area contributed by atoms with Crippen molar-refractivity contribution in [2.45, 2.75) is 68.5 Å². The van der Waals surface area contributed by atoms with E-state index < -0.39 is 41.4 Å². The summed E-state index contributed by atoms with van der Waals surface area (Å²) >= 11 is 0. The normalized spacial score (nSPS) is 21.6. The van der Waals surface area contributed by atoms with Crippen LogP contribution in [-0.2, 0) is 37.3 Å². The molecule has 2 aliphatic carbocycles. The number of phenolic OH excluding ortho intramolecular Hbond substituents is 3. The van der Waals surface area contributed by atoms with Crippen LogP contribution in [0.15, 0.2) is 133 Å². The number of aromatic hydroxyl groups is 3. The summed E-state index contributed by atoms with van der Waals surface area (Å²) in [6.45, 7) is 1.09. The van der Waals surface area contributed by atoms with Crippen molar-refractivity contribution in [2.24, 2.45) is 5.92 Å². The lowest BCUT2D eigenvalue weighted by molar-refractivity contribution is -0.161. The van der Waals surface area contributed by atoms with Gasteiger partial charge in [0.2, 0.25) is 0 Å². The van der Waals surface area contributed by atoms with Gasteiger partial charge in [-0.25, -0.2) is 0 Å². The summed E-state index contributed by atoms with van der Waals surface area (Å²) in [5.41, 5.74) is 4.95. The number of fused-ring (bicyclic) bond motifs is 4. The SMILES string of the molecule is COc1cc(C2CC(OC(=O)Cc3ccc4cc(O)cc(-c5ccccc5)c4c3)CC(OC(C)=O)C3Cc4cc(OC)c(O)cc4C(CO)C3(c3ccc4ccccc4c3)C2)ccc1O. The number of methoxy groups -OCH3 is 2. The van der Waals surface area contributed by atoms with E-state index in [-0.39, 0.29) is 54.1 Å². The smallest absolute Gasteiger partial charge is 0.310 e. The van der Waals surface area contributed by atoms with Crippen molar-refractivity contribution in [3.63, 3.8) is 0 Å². The Morgan fingerprint density at radius 2 is 1.45 bits per heavy atom. The Kier molecular flexibility index (Phi) is 11.9. The molecule has 0 aliphatic heterocycles. The number of carbonyl (C=O) groups is 2. The number of benzene rings is 7. The fourth-order valence-electron chi connectivity index (χ4n) is 11.0. The van der Waals surface area contributed by atoms with Crippen LogP contribution in [0.2, 0.25) is 0 Å². The number of hydrogen-bond acceptors (Lipinski definition) is 10. The van der Waals surface area contributed by atoms with Crippen LogP contribution in [0.4, 0.5) is 0 Å². The largest absolute Gasteiger partial charge is 0.508 e. The van der Waals surface area contributed by atoms with Crippen molar-refractivity contribution in [3.05, 3.63) is 161 Å². The molecule has 0 bridgehead atoms. The molecule has 0 saturated heterocycles. The van der Waals surface area contributed by atoms with Gasteiger partial charge in [-0.3, -0.25) is 9.59 Å². The Hall–Kier alpha value is -7.04. The van der Waals surface area contributed by atoms with Crippen molar-refractivity contribution in [1.29, 1.82) is 0 Å². The molecule has 6 unspecified atom stereocenters. The van der Waals surface area contributed by atoms with Gasteiger partial charge in [-0.05, 0) is 128 Å². The van der Waals surface area contributed by atoms with E-state index in [9.17, 15) is 30.0 Å². The molecule has 7 aromatic rings. The van der Waals surface area contributed by atoms with Crippen molar-refractivity contribution in [1.82, 2.24) is 0 Å². The Labute approximate surface area is 377 Å². The van der Waals surface area contributed by atoms with E-state index in [1.165, 1.54) is 21.1 Å². The molecule has 0 heterocycles. The zero-order valence-electron chi connectivity index (χ0n) is 36.6. The maximum absolute atomic E-state index is 14.3. The van der Waals surface area contributed by atoms with Crippen molar-refractivity contribution in [2.75, 3.05) is 20.8 Å². The predicted octanol–water partition coefficient (Wildman–Crippen LogP) is 10.0. The Morgan fingerprint density at radius 3 is 2.20 bits per heavy atom. The van der Waals surface area contributed by atoms with Crippen molar-refractivity contribution >= 4 is 33.5 Å². The lowest BCUT2D eigenvalue weighted by atomic mass is 9.50. The van der Waals surface area contributed by atoms with Gasteiger partial charge in [0.15, 0.2) is 23.0 Å². The molecular weight excluding hydrogens is 821 g/mol. The van der Waals surface area contributed by atoms with Gasteiger partial charge in [0, 0.05) is 30.6 Å². The number of hydrogen-bond donors (Lipinski definition) is 4. The Bertz CT molecular complexity index is 2910. The van der Waals surface area contributed by atoms with E-state index in [2.05, 4.69) is 24.3 Å². The van der Waals surface area contributed by atoms with Crippen LogP contribution in [0.5, 0.6) is 28.7 Å². The number of rotatable bonds is 10. The number of aliphatic hydroxyl groups excluding tert-OH is 1. The number of aliphatic hydroxyl groups is 1. The molecular formula is C55H52O10. The van der Waals surface area contributed by atoms with E-state index in [4.69, 9.17) is 18.9 Å². The predicted molar refractivity (Wildman–Crippen MR) is 249 cm³/mol. The second-order valence-electron chi connectivity index (χ2n) is 17.5. The summed E-state index contributed by atoms with van der Waals surface area (Å²) in [7, 11) is 2.99. The van der Waals surface area contributed by atoms with Gasteiger partial charge in [0.25, 0.3) is 0 Å². The molecule has 6 atom stereocenters. The second-order valence-corrected chi connectivity index (χ2v) is 17.5. The fraction of sp³-hybridized carbons (Fsp3) is 0.273. The van der Waals surface area contributed by atoms with E-state index in [1.807, 2.05) is 78.9 Å². The third-order valence-electron chi connectivity index (χ3n) is 13.8. The average molecular weight is 873 g/mol. The molecule has 10 nitrogen and oxygen atoms in total. The summed E-state index contributed by atoms with van der Waals surface area (Å²) in [5, 5.41) is 48.1. The van der Waals surface area contributed by atoms with Crippen molar-refractivity contribution in [3.8, 4) is 39.9 Å². The molecule has 65 heavy (non-hydrogen) atoms. The molecule has 4 N–H and O–H groups in total. The molecule has 1 saturated carbocycles. The van der Waals surface area contributed by atoms with Gasteiger partial charge >= 0.3 is 11.9 Å². The van der Waals surface area contributed by atoms with E-state index >= 15 is 0 Å². The van der Waals surface area contributed by atoms with E-state index in [0.717, 1.165) is 60.5 Å². The highest BCUT2D eigenvalue weighted by atomic mass is 16.6. The van der Waals surface area contributed by atoms with Gasteiger partial charge in [-0.1, -0.05) is 91.0 Å². The summed E-state index contributed by atoms with van der Waals surface area (Å²) in [5.74, 6) is -1.71. The topological polar surface area (TPSA) is 152 Å². The zero-order chi connectivity index (χ0) is 45.4. The molecule has 10 heteroatoms. The maximum Gasteiger partial charge on any atom is 0.310 e. The fourth-order valence-corrected chi connectivity index (χ4v) is 11.0. The van der Waals surface area contributed by atoms with Crippen molar-refractivity contribution < 1.29 is 49.0 Å². The number of carbonyl (C=O) groups excluding carboxylic acids is 2. The minimum Gasteiger partial charge on any atom is -0.508 e. The van der Waals surface area contributed by atoms with E-state index in [0.29, 0.717) is 19.3 Å². The van der Waals surface area contributed by atoms with Crippen LogP contribution >= 0.6 is 0 Å². The minimum atomic E-state index is -0.923. The van der Waals surface area contributed by atoms with E-state index in [1.54, 1.807) is 30.3 Å². The third-order valence-corrected chi connectivity index (χ3v) is 13.8. The summed E-state index contributed by atoms with van der Waals surface area (Å²) < 4.78 is 24.1. The van der Waals surface area contributed by atoms with Crippen LogP contribution in [0.3, 0.4) is 0 Å². The number of esters is 2. The van der Waals surface area contributed by atoms with Gasteiger partial charge in [-0.2, -0.15) is 0 Å². The van der Waals surface area contributed by atoms with Gasteiger partial charge in [0.05, 0.1) is 27.2 Å². The first-order chi connectivity index (χ1) is 31.5. The van der Waals surface area contributed by atoms with Gasteiger partial charge in [0.1, 0.15) is 18.0 Å². The molecule has 0 aromatic heterocycles. The molecule has 1 fully saturated rings. The highest BCUT2D eigenvalue weighted by Gasteiger charge is 2.57.